The molecule has 0 radical (unpaired) electrons. The number of furan rings is 1. The molecule has 0 unspecified atom stereocenters. The standard InChI is InChI=1S/C25H21N3OS/c1-16(26)17-9-11-24-20(12-17)15-22(30-24)7-5-3-2-4-6-21-14-19-13-18(25(27)28)8-10-23(19)29-21/h2-15,26H,1H3,(H3,27,28)/b3-2+,6-4+,7-5+,26-16?. The van der Waals surface area contributed by atoms with Gasteiger partial charge >= 0.3 is 0 Å². The van der Waals surface area contributed by atoms with E-state index >= 15 is 0 Å². The highest BCUT2D eigenvalue weighted by atomic mass is 32.1. The molecule has 2 heterocycles. The van der Waals surface area contributed by atoms with Crippen LogP contribution in [-0.2, 0) is 0 Å². The number of fused-ring (bicyclic) bond motifs is 2. The molecule has 0 amide bonds. The van der Waals surface area contributed by atoms with Crippen molar-refractivity contribution in [3.05, 3.63) is 94.6 Å². The fourth-order valence-corrected chi connectivity index (χ4v) is 4.08. The molecule has 2 aromatic heterocycles. The van der Waals surface area contributed by atoms with Gasteiger partial charge in [-0.15, -0.1) is 11.3 Å². The average molecular weight is 412 g/mol. The Bertz CT molecular complexity index is 1250. The van der Waals surface area contributed by atoms with Crippen molar-refractivity contribution < 1.29 is 4.42 Å². The summed E-state index contributed by atoms with van der Waals surface area (Å²) in [7, 11) is 0. The van der Waals surface area contributed by atoms with E-state index in [1.807, 2.05) is 54.6 Å². The number of amidine groups is 1. The summed E-state index contributed by atoms with van der Waals surface area (Å²) >= 11 is 1.74. The van der Waals surface area contributed by atoms with Crippen LogP contribution in [0, 0.1) is 10.8 Å². The zero-order valence-corrected chi connectivity index (χ0v) is 17.3. The first-order valence-electron chi connectivity index (χ1n) is 9.48. The molecule has 5 heteroatoms. The molecule has 0 fully saturated rings. The van der Waals surface area contributed by atoms with Gasteiger partial charge in [-0.3, -0.25) is 5.41 Å². The molecule has 4 aromatic rings. The molecule has 0 atom stereocenters. The molecule has 0 bridgehead atoms. The van der Waals surface area contributed by atoms with Crippen molar-refractivity contribution in [3.63, 3.8) is 0 Å². The number of benzene rings is 2. The molecule has 0 aliphatic rings. The molecule has 0 aliphatic carbocycles. The summed E-state index contributed by atoms with van der Waals surface area (Å²) in [6, 6.07) is 15.7. The van der Waals surface area contributed by atoms with Crippen LogP contribution in [0.4, 0.5) is 0 Å². The summed E-state index contributed by atoms with van der Waals surface area (Å²) in [5, 5.41) is 17.4. The van der Waals surface area contributed by atoms with Crippen LogP contribution in [0.2, 0.25) is 0 Å². The van der Waals surface area contributed by atoms with Crippen LogP contribution in [0.1, 0.15) is 28.7 Å². The Morgan fingerprint density at radius 1 is 0.867 bits per heavy atom. The van der Waals surface area contributed by atoms with E-state index in [0.717, 1.165) is 22.3 Å². The SMILES string of the molecule is CC(=N)c1ccc2sc(/C=C/C=C/C=C/c3cc4cc(C(=N)N)ccc4o3)cc2c1. The summed E-state index contributed by atoms with van der Waals surface area (Å²) in [6.45, 7) is 1.81. The Hall–Kier alpha value is -3.70. The second kappa shape index (κ2) is 8.35. The van der Waals surface area contributed by atoms with Crippen molar-refractivity contribution in [2.45, 2.75) is 6.92 Å². The van der Waals surface area contributed by atoms with Gasteiger partial charge in [0.2, 0.25) is 0 Å². The molecule has 4 rings (SSSR count). The van der Waals surface area contributed by atoms with Gasteiger partial charge in [0, 0.05) is 26.2 Å². The summed E-state index contributed by atoms with van der Waals surface area (Å²) in [6.07, 6.45) is 11.8. The van der Waals surface area contributed by atoms with Crippen LogP contribution in [0.25, 0.3) is 33.2 Å². The minimum atomic E-state index is 0.0498. The van der Waals surface area contributed by atoms with Crippen LogP contribution in [0.15, 0.2) is 77.3 Å². The van der Waals surface area contributed by atoms with Crippen molar-refractivity contribution in [2.75, 3.05) is 0 Å². The van der Waals surface area contributed by atoms with Gasteiger partial charge in [-0.2, -0.15) is 0 Å². The van der Waals surface area contributed by atoms with Gasteiger partial charge in [-0.25, -0.2) is 0 Å². The summed E-state index contributed by atoms with van der Waals surface area (Å²) in [4.78, 5) is 1.18. The first-order chi connectivity index (χ1) is 14.5. The Kier molecular flexibility index (Phi) is 5.46. The van der Waals surface area contributed by atoms with E-state index in [4.69, 9.17) is 21.0 Å². The zero-order chi connectivity index (χ0) is 21.1. The number of rotatable bonds is 6. The molecule has 4 N–H and O–H groups in total. The Labute approximate surface area is 178 Å². The van der Waals surface area contributed by atoms with Gasteiger partial charge in [0.1, 0.15) is 17.2 Å². The normalized spacial score (nSPS) is 12.2. The molecule has 4 nitrogen and oxygen atoms in total. The molecule has 2 aromatic carbocycles. The number of thiophene rings is 1. The van der Waals surface area contributed by atoms with Crippen LogP contribution >= 0.6 is 11.3 Å². The third-order valence-electron chi connectivity index (χ3n) is 4.67. The van der Waals surface area contributed by atoms with Crippen LogP contribution in [0.5, 0.6) is 0 Å². The predicted molar refractivity (Wildman–Crippen MR) is 129 cm³/mol. The summed E-state index contributed by atoms with van der Waals surface area (Å²) < 4.78 is 7.00. The molecular weight excluding hydrogens is 390 g/mol. The van der Waals surface area contributed by atoms with E-state index in [-0.39, 0.29) is 5.84 Å². The third-order valence-corrected chi connectivity index (χ3v) is 5.75. The van der Waals surface area contributed by atoms with Crippen LogP contribution in [0.3, 0.4) is 0 Å². The fraction of sp³-hybridized carbons (Fsp3) is 0.0400. The maximum Gasteiger partial charge on any atom is 0.134 e. The minimum absolute atomic E-state index is 0.0498. The predicted octanol–water partition coefficient (Wildman–Crippen LogP) is 6.60. The van der Waals surface area contributed by atoms with E-state index in [9.17, 15) is 0 Å². The maximum absolute atomic E-state index is 7.77. The number of nitrogens with two attached hydrogens (primary N) is 1. The van der Waals surface area contributed by atoms with E-state index in [1.54, 1.807) is 24.3 Å². The first-order valence-corrected chi connectivity index (χ1v) is 10.3. The lowest BCUT2D eigenvalue weighted by Gasteiger charge is -1.96. The smallest absolute Gasteiger partial charge is 0.134 e. The van der Waals surface area contributed by atoms with Gasteiger partial charge < -0.3 is 15.6 Å². The van der Waals surface area contributed by atoms with Crippen molar-refractivity contribution in [1.82, 2.24) is 0 Å². The highest BCUT2D eigenvalue weighted by Crippen LogP contribution is 2.27. The third kappa shape index (κ3) is 4.31. The van der Waals surface area contributed by atoms with Crippen molar-refractivity contribution in [1.29, 1.82) is 10.8 Å². The van der Waals surface area contributed by atoms with E-state index in [1.165, 1.54) is 15.0 Å². The number of hydrogen-bond acceptors (Lipinski definition) is 4. The van der Waals surface area contributed by atoms with Crippen molar-refractivity contribution in [2.24, 2.45) is 5.73 Å². The van der Waals surface area contributed by atoms with Gasteiger partial charge in [0.15, 0.2) is 0 Å². The lowest BCUT2D eigenvalue weighted by molar-refractivity contribution is 0.604. The monoisotopic (exact) mass is 411 g/mol. The molecule has 0 saturated carbocycles. The first kappa shape index (κ1) is 19.6. The lowest BCUT2D eigenvalue weighted by Crippen LogP contribution is -2.10. The van der Waals surface area contributed by atoms with E-state index in [0.29, 0.717) is 11.3 Å². The Morgan fingerprint density at radius 2 is 1.60 bits per heavy atom. The van der Waals surface area contributed by atoms with Crippen molar-refractivity contribution in [3.8, 4) is 0 Å². The van der Waals surface area contributed by atoms with Gasteiger partial charge in [0.05, 0.1) is 0 Å². The molecule has 0 saturated heterocycles. The Morgan fingerprint density at radius 3 is 2.37 bits per heavy atom. The number of nitrogen functional groups attached to an aromatic ring is 1. The van der Waals surface area contributed by atoms with Crippen molar-refractivity contribution >= 4 is 56.1 Å². The van der Waals surface area contributed by atoms with E-state index in [2.05, 4.69) is 24.3 Å². The molecule has 0 spiro atoms. The second-order valence-corrected chi connectivity index (χ2v) is 8.06. The summed E-state index contributed by atoms with van der Waals surface area (Å²) in [5.74, 6) is 0.801. The maximum atomic E-state index is 7.77. The van der Waals surface area contributed by atoms with Gasteiger partial charge in [-0.05, 0) is 72.5 Å². The van der Waals surface area contributed by atoms with Gasteiger partial charge in [0.25, 0.3) is 0 Å². The number of allylic oxidation sites excluding steroid dienone is 4. The highest BCUT2D eigenvalue weighted by Gasteiger charge is 2.04. The van der Waals surface area contributed by atoms with E-state index < -0.39 is 0 Å². The fourth-order valence-electron chi connectivity index (χ4n) is 3.12. The molecule has 148 valence electrons. The topological polar surface area (TPSA) is 86.9 Å². The number of nitrogens with one attached hydrogen (secondary N) is 2. The Balaban J connectivity index is 1.42. The number of hydrogen-bond donors (Lipinski definition) is 3. The molecule has 30 heavy (non-hydrogen) atoms. The minimum Gasteiger partial charge on any atom is -0.457 e. The lowest BCUT2D eigenvalue weighted by atomic mass is 10.1. The molecule has 0 aliphatic heterocycles. The quantitative estimate of drug-likeness (QED) is 0.190. The highest BCUT2D eigenvalue weighted by molar-refractivity contribution is 7.19. The summed E-state index contributed by atoms with van der Waals surface area (Å²) in [5.41, 5.74) is 8.54. The largest absolute Gasteiger partial charge is 0.457 e. The van der Waals surface area contributed by atoms with Crippen LogP contribution < -0.4 is 5.73 Å². The van der Waals surface area contributed by atoms with Crippen LogP contribution in [-0.4, -0.2) is 11.5 Å². The second-order valence-electron chi connectivity index (χ2n) is 6.94. The van der Waals surface area contributed by atoms with Gasteiger partial charge in [-0.1, -0.05) is 30.4 Å². The average Bonchev–Trinajstić information content (AvgIpc) is 3.32. The zero-order valence-electron chi connectivity index (χ0n) is 16.5. The molecular formula is C25H21N3OS.